The Morgan fingerprint density at radius 2 is 1.77 bits per heavy atom. The van der Waals surface area contributed by atoms with Crippen molar-refractivity contribution in [3.05, 3.63) is 29.8 Å². The lowest BCUT2D eigenvalue weighted by Gasteiger charge is -2.36. The molecule has 1 heterocycles. The molecule has 2 fully saturated rings. The number of sulfonamides is 1. The number of carbonyl (C=O) groups is 3. The summed E-state index contributed by atoms with van der Waals surface area (Å²) >= 11 is 0. The fourth-order valence-corrected chi connectivity index (χ4v) is 6.57. The van der Waals surface area contributed by atoms with Crippen LogP contribution < -0.4 is 0 Å². The van der Waals surface area contributed by atoms with Crippen molar-refractivity contribution in [2.75, 3.05) is 19.7 Å². The van der Waals surface area contributed by atoms with Crippen LogP contribution in [0.5, 0.6) is 0 Å². The van der Waals surface area contributed by atoms with Gasteiger partial charge in [0.25, 0.3) is 0 Å². The van der Waals surface area contributed by atoms with Crippen molar-refractivity contribution >= 4 is 27.7 Å². The van der Waals surface area contributed by atoms with E-state index < -0.39 is 34.5 Å². The molecule has 1 aliphatic carbocycles. The highest BCUT2D eigenvalue weighted by molar-refractivity contribution is 7.89. The molecule has 194 valence electrons. The first-order chi connectivity index (χ1) is 16.5. The molecule has 1 aromatic rings. The lowest BCUT2D eigenvalue weighted by molar-refractivity contribution is -0.169. The molecule has 2 aliphatic rings. The Labute approximate surface area is 208 Å². The zero-order valence-electron chi connectivity index (χ0n) is 21.1. The van der Waals surface area contributed by atoms with Gasteiger partial charge in [-0.15, -0.1) is 0 Å². The van der Waals surface area contributed by atoms with Crippen molar-refractivity contribution in [1.29, 1.82) is 0 Å². The molecular weight excluding hydrogens is 470 g/mol. The highest BCUT2D eigenvalue weighted by atomic mass is 32.2. The molecule has 1 saturated heterocycles. The number of ether oxygens (including phenoxy) is 2. The fourth-order valence-electron chi connectivity index (χ4n) is 5.06. The Morgan fingerprint density at radius 3 is 2.40 bits per heavy atom. The maximum atomic E-state index is 13.0. The Morgan fingerprint density at radius 1 is 1.09 bits per heavy atom. The topological polar surface area (TPSA) is 107 Å². The molecular formula is C26H37NO7S. The SMILES string of the molecule is CC(=O)c1cccc(S(=O)(=O)N2CCC(C(=O)OCC(=O)OC3CC(C)CCC3C(C)C)CC2)c1. The van der Waals surface area contributed by atoms with E-state index in [0.717, 1.165) is 19.3 Å². The number of esters is 2. The van der Waals surface area contributed by atoms with Crippen LogP contribution in [0.1, 0.15) is 70.2 Å². The number of ketones is 1. The molecule has 35 heavy (non-hydrogen) atoms. The third-order valence-electron chi connectivity index (χ3n) is 7.24. The molecule has 0 amide bonds. The average molecular weight is 508 g/mol. The minimum atomic E-state index is -3.77. The first kappa shape index (κ1) is 27.3. The summed E-state index contributed by atoms with van der Waals surface area (Å²) in [5.41, 5.74) is 0.332. The summed E-state index contributed by atoms with van der Waals surface area (Å²) in [5, 5.41) is 0. The van der Waals surface area contributed by atoms with E-state index in [1.807, 2.05) is 0 Å². The summed E-state index contributed by atoms with van der Waals surface area (Å²) in [4.78, 5) is 36.6. The van der Waals surface area contributed by atoms with E-state index in [1.165, 1.54) is 23.4 Å². The number of nitrogens with zero attached hydrogens (tertiary/aromatic N) is 1. The fraction of sp³-hybridized carbons (Fsp3) is 0.654. The van der Waals surface area contributed by atoms with E-state index in [1.54, 1.807) is 12.1 Å². The van der Waals surface area contributed by atoms with Gasteiger partial charge in [-0.3, -0.25) is 9.59 Å². The number of hydrogen-bond acceptors (Lipinski definition) is 7. The largest absolute Gasteiger partial charge is 0.460 e. The zero-order chi connectivity index (χ0) is 25.8. The number of rotatable bonds is 8. The average Bonchev–Trinajstić information content (AvgIpc) is 2.82. The summed E-state index contributed by atoms with van der Waals surface area (Å²) in [6.45, 7) is 7.70. The second-order valence-electron chi connectivity index (χ2n) is 10.2. The summed E-state index contributed by atoms with van der Waals surface area (Å²) in [6, 6.07) is 5.96. The van der Waals surface area contributed by atoms with Crippen LogP contribution in [-0.2, 0) is 29.1 Å². The van der Waals surface area contributed by atoms with Crippen molar-refractivity contribution in [2.24, 2.45) is 23.7 Å². The van der Waals surface area contributed by atoms with Gasteiger partial charge >= 0.3 is 11.9 Å². The molecule has 3 atom stereocenters. The lowest BCUT2D eigenvalue weighted by atomic mass is 9.75. The first-order valence-electron chi connectivity index (χ1n) is 12.5. The van der Waals surface area contributed by atoms with Crippen molar-refractivity contribution in [1.82, 2.24) is 4.31 Å². The lowest BCUT2D eigenvalue weighted by Crippen LogP contribution is -2.41. The molecule has 9 heteroatoms. The molecule has 1 aromatic carbocycles. The molecule has 1 aliphatic heterocycles. The molecule has 0 N–H and O–H groups in total. The Bertz CT molecular complexity index is 1030. The summed E-state index contributed by atoms with van der Waals surface area (Å²) in [5.74, 6) is -0.501. The van der Waals surface area contributed by atoms with Gasteiger partial charge in [0.15, 0.2) is 12.4 Å². The second kappa shape index (κ2) is 11.6. The molecule has 0 bridgehead atoms. The number of Topliss-reactive ketones (excluding diaryl/α,β-unsaturated/α-hetero) is 1. The van der Waals surface area contributed by atoms with Crippen LogP contribution in [-0.4, -0.2) is 56.2 Å². The molecule has 0 spiro atoms. The summed E-state index contributed by atoms with van der Waals surface area (Å²) < 4.78 is 38.2. The highest BCUT2D eigenvalue weighted by Crippen LogP contribution is 2.35. The number of benzene rings is 1. The quantitative estimate of drug-likeness (QED) is 0.389. The standard InChI is InChI=1S/C26H37NO7S/c1-17(2)23-9-8-18(3)14-24(23)34-25(29)16-33-26(30)20-10-12-27(13-11-20)35(31,32)22-7-5-6-21(15-22)19(4)28/h5-7,15,17-18,20,23-24H,8-14,16H2,1-4H3. The zero-order valence-corrected chi connectivity index (χ0v) is 21.9. The van der Waals surface area contributed by atoms with Crippen LogP contribution in [0.4, 0.5) is 0 Å². The monoisotopic (exact) mass is 507 g/mol. The van der Waals surface area contributed by atoms with E-state index in [2.05, 4.69) is 20.8 Å². The molecule has 3 unspecified atom stereocenters. The molecule has 8 nitrogen and oxygen atoms in total. The van der Waals surface area contributed by atoms with Crippen LogP contribution >= 0.6 is 0 Å². The Kier molecular flexibility index (Phi) is 9.10. The van der Waals surface area contributed by atoms with E-state index in [9.17, 15) is 22.8 Å². The molecule has 0 aromatic heterocycles. The summed E-state index contributed by atoms with van der Waals surface area (Å²) in [6.07, 6.45) is 3.43. The van der Waals surface area contributed by atoms with Crippen LogP contribution in [0.15, 0.2) is 29.2 Å². The minimum absolute atomic E-state index is 0.0608. The highest BCUT2D eigenvalue weighted by Gasteiger charge is 2.35. The van der Waals surface area contributed by atoms with Gasteiger partial charge < -0.3 is 9.47 Å². The normalized spacial score (nSPS) is 24.2. The molecule has 1 saturated carbocycles. The predicted octanol–water partition coefficient (Wildman–Crippen LogP) is 3.84. The number of hydrogen-bond donors (Lipinski definition) is 0. The first-order valence-corrected chi connectivity index (χ1v) is 13.9. The second-order valence-corrected chi connectivity index (χ2v) is 12.2. The van der Waals surface area contributed by atoms with Crippen LogP contribution in [0.3, 0.4) is 0 Å². The maximum absolute atomic E-state index is 13.0. The minimum Gasteiger partial charge on any atom is -0.460 e. The van der Waals surface area contributed by atoms with E-state index in [4.69, 9.17) is 9.47 Å². The van der Waals surface area contributed by atoms with Gasteiger partial charge in [-0.2, -0.15) is 4.31 Å². The molecule has 0 radical (unpaired) electrons. The molecule has 3 rings (SSSR count). The third-order valence-corrected chi connectivity index (χ3v) is 9.14. The van der Waals surface area contributed by atoms with E-state index in [-0.39, 0.29) is 29.9 Å². The van der Waals surface area contributed by atoms with E-state index in [0.29, 0.717) is 36.2 Å². The van der Waals surface area contributed by atoms with Crippen molar-refractivity contribution in [2.45, 2.75) is 70.8 Å². The predicted molar refractivity (Wildman–Crippen MR) is 130 cm³/mol. The Hall–Kier alpha value is -2.26. The van der Waals surface area contributed by atoms with E-state index >= 15 is 0 Å². The van der Waals surface area contributed by atoms with Gasteiger partial charge in [0.05, 0.1) is 10.8 Å². The van der Waals surface area contributed by atoms with Gasteiger partial charge in [0.1, 0.15) is 6.10 Å². The van der Waals surface area contributed by atoms with Crippen molar-refractivity contribution < 1.29 is 32.3 Å². The van der Waals surface area contributed by atoms with Gasteiger partial charge in [-0.25, -0.2) is 13.2 Å². The van der Waals surface area contributed by atoms with Gasteiger partial charge in [-0.05, 0) is 62.5 Å². The van der Waals surface area contributed by atoms with Crippen LogP contribution in [0.2, 0.25) is 0 Å². The van der Waals surface area contributed by atoms with Gasteiger partial charge in [-0.1, -0.05) is 39.3 Å². The van der Waals surface area contributed by atoms with Crippen LogP contribution in [0, 0.1) is 23.7 Å². The number of piperidine rings is 1. The smallest absolute Gasteiger partial charge is 0.344 e. The maximum Gasteiger partial charge on any atom is 0.344 e. The number of carbonyl (C=O) groups excluding carboxylic acids is 3. The Balaban J connectivity index is 1.49. The van der Waals surface area contributed by atoms with Crippen molar-refractivity contribution in [3.63, 3.8) is 0 Å². The van der Waals surface area contributed by atoms with Gasteiger partial charge in [0.2, 0.25) is 10.0 Å². The van der Waals surface area contributed by atoms with Gasteiger partial charge in [0, 0.05) is 18.7 Å². The summed E-state index contributed by atoms with van der Waals surface area (Å²) in [7, 11) is -3.77. The van der Waals surface area contributed by atoms with Crippen molar-refractivity contribution in [3.8, 4) is 0 Å². The van der Waals surface area contributed by atoms with Crippen LogP contribution in [0.25, 0.3) is 0 Å². The third kappa shape index (κ3) is 6.91.